The fraction of sp³-hybridized carbons (Fsp3) is 0.316. The minimum atomic E-state index is -0.473. The summed E-state index contributed by atoms with van der Waals surface area (Å²) < 4.78 is 16.4. The number of carbonyl (C=O) groups excluding carboxylic acids is 1. The summed E-state index contributed by atoms with van der Waals surface area (Å²) in [6, 6.07) is 13.2. The van der Waals surface area contributed by atoms with Crippen LogP contribution in [-0.4, -0.2) is 26.2 Å². The molecular formula is C19H19NO4. The van der Waals surface area contributed by atoms with E-state index in [2.05, 4.69) is 5.32 Å². The van der Waals surface area contributed by atoms with Crippen molar-refractivity contribution in [2.45, 2.75) is 18.3 Å². The largest absolute Gasteiger partial charge is 0.497 e. The summed E-state index contributed by atoms with van der Waals surface area (Å²) in [5.41, 5.74) is 1.24. The third kappa shape index (κ3) is 2.56. The zero-order valence-corrected chi connectivity index (χ0v) is 13.5. The van der Waals surface area contributed by atoms with E-state index in [1.54, 1.807) is 7.11 Å². The molecule has 2 aromatic rings. The lowest BCUT2D eigenvalue weighted by molar-refractivity contribution is -0.118. The SMILES string of the molecule is COc1cccc(NC(=O)C2(c3ccc4c(c3)OCCO4)CC2)c1. The van der Waals surface area contributed by atoms with Gasteiger partial charge in [0.15, 0.2) is 11.5 Å². The number of fused-ring (bicyclic) bond motifs is 1. The summed E-state index contributed by atoms with van der Waals surface area (Å²) in [4.78, 5) is 12.8. The third-order valence-electron chi connectivity index (χ3n) is 4.61. The molecule has 1 saturated carbocycles. The first-order valence-corrected chi connectivity index (χ1v) is 8.07. The van der Waals surface area contributed by atoms with Gasteiger partial charge in [-0.1, -0.05) is 12.1 Å². The van der Waals surface area contributed by atoms with Gasteiger partial charge in [0.05, 0.1) is 12.5 Å². The molecule has 0 saturated heterocycles. The molecule has 1 aliphatic carbocycles. The van der Waals surface area contributed by atoms with Crippen LogP contribution in [-0.2, 0) is 10.2 Å². The van der Waals surface area contributed by atoms with Gasteiger partial charge in [0.25, 0.3) is 0 Å². The number of amides is 1. The molecule has 4 rings (SSSR count). The standard InChI is InChI=1S/C19H19NO4/c1-22-15-4-2-3-14(12-15)20-18(21)19(7-8-19)13-5-6-16-17(11-13)24-10-9-23-16/h2-6,11-12H,7-10H2,1H3,(H,20,21). The number of hydrogen-bond donors (Lipinski definition) is 1. The molecular weight excluding hydrogens is 306 g/mol. The van der Waals surface area contributed by atoms with Gasteiger partial charge in [-0.15, -0.1) is 0 Å². The van der Waals surface area contributed by atoms with Crippen molar-refractivity contribution in [3.63, 3.8) is 0 Å². The van der Waals surface area contributed by atoms with Gasteiger partial charge in [-0.2, -0.15) is 0 Å². The molecule has 0 radical (unpaired) electrons. The highest BCUT2D eigenvalue weighted by Crippen LogP contribution is 2.50. The number of anilines is 1. The van der Waals surface area contributed by atoms with Gasteiger partial charge in [-0.05, 0) is 42.7 Å². The molecule has 1 heterocycles. The highest BCUT2D eigenvalue weighted by atomic mass is 16.6. The Morgan fingerprint density at radius 3 is 2.62 bits per heavy atom. The predicted molar refractivity (Wildman–Crippen MR) is 90.0 cm³/mol. The van der Waals surface area contributed by atoms with E-state index in [4.69, 9.17) is 14.2 Å². The number of ether oxygens (including phenoxy) is 3. The highest BCUT2D eigenvalue weighted by molar-refractivity contribution is 6.01. The average molecular weight is 325 g/mol. The van der Waals surface area contributed by atoms with Crippen molar-refractivity contribution in [1.82, 2.24) is 0 Å². The maximum Gasteiger partial charge on any atom is 0.235 e. The van der Waals surface area contributed by atoms with Crippen LogP contribution in [0, 0.1) is 0 Å². The fourth-order valence-electron chi connectivity index (χ4n) is 3.06. The molecule has 1 amide bonds. The van der Waals surface area contributed by atoms with E-state index in [0.717, 1.165) is 41.3 Å². The minimum Gasteiger partial charge on any atom is -0.497 e. The Balaban J connectivity index is 1.57. The first kappa shape index (κ1) is 14.9. The third-order valence-corrected chi connectivity index (χ3v) is 4.61. The number of methoxy groups -OCH3 is 1. The van der Waals surface area contributed by atoms with E-state index >= 15 is 0 Å². The number of hydrogen-bond acceptors (Lipinski definition) is 4. The Morgan fingerprint density at radius 2 is 1.88 bits per heavy atom. The van der Waals surface area contributed by atoms with Gasteiger partial charge >= 0.3 is 0 Å². The van der Waals surface area contributed by atoms with Gasteiger partial charge in [-0.25, -0.2) is 0 Å². The van der Waals surface area contributed by atoms with E-state index in [1.165, 1.54) is 0 Å². The first-order valence-electron chi connectivity index (χ1n) is 8.07. The molecule has 5 nitrogen and oxygen atoms in total. The molecule has 1 N–H and O–H groups in total. The quantitative estimate of drug-likeness (QED) is 0.938. The molecule has 0 aromatic heterocycles. The number of benzene rings is 2. The zero-order chi connectivity index (χ0) is 16.6. The van der Waals surface area contributed by atoms with E-state index in [-0.39, 0.29) is 5.91 Å². The molecule has 0 spiro atoms. The second-order valence-corrected chi connectivity index (χ2v) is 6.13. The lowest BCUT2D eigenvalue weighted by atomic mass is 9.94. The molecule has 0 unspecified atom stereocenters. The van der Waals surface area contributed by atoms with Crippen LogP contribution in [0.1, 0.15) is 18.4 Å². The maximum absolute atomic E-state index is 12.8. The topological polar surface area (TPSA) is 56.8 Å². The van der Waals surface area contributed by atoms with Crippen LogP contribution in [0.25, 0.3) is 0 Å². The van der Waals surface area contributed by atoms with E-state index in [1.807, 2.05) is 42.5 Å². The Hall–Kier alpha value is -2.69. The Morgan fingerprint density at radius 1 is 1.08 bits per heavy atom. The molecule has 2 aromatic carbocycles. The van der Waals surface area contributed by atoms with Crippen LogP contribution in [0.2, 0.25) is 0 Å². The van der Waals surface area contributed by atoms with Crippen molar-refractivity contribution >= 4 is 11.6 Å². The van der Waals surface area contributed by atoms with Crippen LogP contribution >= 0.6 is 0 Å². The molecule has 1 fully saturated rings. The molecule has 1 aliphatic heterocycles. The van der Waals surface area contributed by atoms with Crippen LogP contribution in [0.15, 0.2) is 42.5 Å². The van der Waals surface area contributed by atoms with Gasteiger partial charge in [-0.3, -0.25) is 4.79 Å². The molecule has 5 heteroatoms. The molecule has 2 aliphatic rings. The van der Waals surface area contributed by atoms with Gasteiger partial charge in [0.2, 0.25) is 5.91 Å². The van der Waals surface area contributed by atoms with Crippen LogP contribution in [0.4, 0.5) is 5.69 Å². The van der Waals surface area contributed by atoms with E-state index < -0.39 is 5.41 Å². The Bertz CT molecular complexity index is 783. The molecule has 0 bridgehead atoms. The van der Waals surface area contributed by atoms with Gasteiger partial charge in [0.1, 0.15) is 19.0 Å². The normalized spacial score (nSPS) is 17.0. The summed E-state index contributed by atoms with van der Waals surface area (Å²) in [7, 11) is 1.61. The number of rotatable bonds is 4. The van der Waals surface area contributed by atoms with Crippen molar-refractivity contribution in [3.8, 4) is 17.2 Å². The van der Waals surface area contributed by atoms with Crippen molar-refractivity contribution in [1.29, 1.82) is 0 Å². The van der Waals surface area contributed by atoms with Crippen LogP contribution in [0.5, 0.6) is 17.2 Å². The first-order chi connectivity index (χ1) is 11.7. The second kappa shape index (κ2) is 5.74. The van der Waals surface area contributed by atoms with E-state index in [9.17, 15) is 4.79 Å². The Labute approximate surface area is 140 Å². The van der Waals surface area contributed by atoms with Gasteiger partial charge < -0.3 is 19.5 Å². The van der Waals surface area contributed by atoms with Crippen molar-refractivity contribution in [2.75, 3.05) is 25.6 Å². The highest BCUT2D eigenvalue weighted by Gasteiger charge is 2.51. The van der Waals surface area contributed by atoms with Crippen LogP contribution < -0.4 is 19.5 Å². The second-order valence-electron chi connectivity index (χ2n) is 6.13. The lowest BCUT2D eigenvalue weighted by Gasteiger charge is -2.21. The summed E-state index contributed by atoms with van der Waals surface area (Å²) in [5.74, 6) is 2.19. The van der Waals surface area contributed by atoms with Crippen molar-refractivity contribution < 1.29 is 19.0 Å². The van der Waals surface area contributed by atoms with Crippen LogP contribution in [0.3, 0.4) is 0 Å². The van der Waals surface area contributed by atoms with Crippen molar-refractivity contribution in [3.05, 3.63) is 48.0 Å². The lowest BCUT2D eigenvalue weighted by Crippen LogP contribution is -2.28. The van der Waals surface area contributed by atoms with E-state index in [0.29, 0.717) is 13.2 Å². The molecule has 0 atom stereocenters. The summed E-state index contributed by atoms with van der Waals surface area (Å²) >= 11 is 0. The summed E-state index contributed by atoms with van der Waals surface area (Å²) in [6.45, 7) is 1.10. The average Bonchev–Trinajstić information content (AvgIpc) is 3.43. The predicted octanol–water partition coefficient (Wildman–Crippen LogP) is 3.14. The number of carbonyl (C=O) groups is 1. The Kier molecular flexibility index (Phi) is 3.56. The fourth-order valence-corrected chi connectivity index (χ4v) is 3.06. The van der Waals surface area contributed by atoms with Gasteiger partial charge in [0, 0.05) is 11.8 Å². The number of nitrogens with one attached hydrogen (secondary N) is 1. The monoisotopic (exact) mass is 325 g/mol. The maximum atomic E-state index is 12.8. The van der Waals surface area contributed by atoms with Crippen molar-refractivity contribution in [2.24, 2.45) is 0 Å². The smallest absolute Gasteiger partial charge is 0.235 e. The summed E-state index contributed by atoms with van der Waals surface area (Å²) in [6.07, 6.45) is 1.67. The molecule has 124 valence electrons. The zero-order valence-electron chi connectivity index (χ0n) is 13.5. The molecule has 24 heavy (non-hydrogen) atoms. The minimum absolute atomic E-state index is 0.00688. The summed E-state index contributed by atoms with van der Waals surface area (Å²) in [5, 5.41) is 3.01.